The molecule has 25 heavy (non-hydrogen) atoms. The second-order valence-corrected chi connectivity index (χ2v) is 7.48. The minimum Gasteiger partial charge on any atom is -0.497 e. The number of thioether (sulfide) groups is 1. The van der Waals surface area contributed by atoms with Crippen LogP contribution in [-0.4, -0.2) is 26.9 Å². The van der Waals surface area contributed by atoms with E-state index in [0.29, 0.717) is 10.9 Å². The fraction of sp³-hybridized carbons (Fsp3) is 0.118. The first-order chi connectivity index (χ1) is 12.2. The zero-order valence-corrected chi connectivity index (χ0v) is 15.0. The molecule has 0 unspecified atom stereocenters. The molecular weight excluding hydrogens is 354 g/mol. The minimum atomic E-state index is 0.478. The number of para-hydroxylation sites is 2. The van der Waals surface area contributed by atoms with Crippen molar-refractivity contribution in [2.45, 2.75) is 10.1 Å². The van der Waals surface area contributed by atoms with E-state index in [4.69, 9.17) is 15.5 Å². The zero-order valence-electron chi connectivity index (χ0n) is 13.4. The number of hydrogen-bond acceptors (Lipinski definition) is 7. The molecule has 0 aliphatic carbocycles. The Kier molecular flexibility index (Phi) is 4.29. The highest BCUT2D eigenvalue weighted by Gasteiger charge is 2.13. The van der Waals surface area contributed by atoms with Gasteiger partial charge >= 0.3 is 0 Å². The van der Waals surface area contributed by atoms with Crippen molar-refractivity contribution in [3.05, 3.63) is 54.4 Å². The van der Waals surface area contributed by atoms with Gasteiger partial charge in [-0.2, -0.15) is 0 Å². The Bertz CT molecular complexity index is 1010. The van der Waals surface area contributed by atoms with Crippen molar-refractivity contribution >= 4 is 39.3 Å². The van der Waals surface area contributed by atoms with Gasteiger partial charge in [-0.1, -0.05) is 35.2 Å². The lowest BCUT2D eigenvalue weighted by Gasteiger charge is -2.09. The molecule has 126 valence electrons. The first-order valence-electron chi connectivity index (χ1n) is 7.57. The van der Waals surface area contributed by atoms with Crippen molar-refractivity contribution in [3.8, 4) is 11.4 Å². The third-order valence-electron chi connectivity index (χ3n) is 3.71. The lowest BCUT2D eigenvalue weighted by Crippen LogP contribution is -2.00. The molecule has 2 aromatic carbocycles. The predicted molar refractivity (Wildman–Crippen MR) is 102 cm³/mol. The molecule has 0 radical (unpaired) electrons. The highest BCUT2D eigenvalue weighted by molar-refractivity contribution is 8.00. The van der Waals surface area contributed by atoms with Crippen molar-refractivity contribution in [3.63, 3.8) is 0 Å². The van der Waals surface area contributed by atoms with E-state index in [1.165, 1.54) is 11.3 Å². The highest BCUT2D eigenvalue weighted by atomic mass is 32.2. The number of hydrogen-bond donors (Lipinski definition) is 1. The van der Waals surface area contributed by atoms with Gasteiger partial charge in [-0.25, -0.2) is 4.98 Å². The van der Waals surface area contributed by atoms with Crippen LogP contribution in [0.1, 0.15) is 5.82 Å². The maximum absolute atomic E-state index is 5.66. The SMILES string of the molecule is COc1ccc(-n2c(CSc3nnc(N)s3)nc3ccccc32)cc1. The Morgan fingerprint density at radius 3 is 2.64 bits per heavy atom. The molecule has 0 amide bonds. The van der Waals surface area contributed by atoms with Gasteiger partial charge in [0, 0.05) is 5.69 Å². The number of aromatic nitrogens is 4. The van der Waals surface area contributed by atoms with E-state index < -0.39 is 0 Å². The molecule has 0 aliphatic heterocycles. The van der Waals surface area contributed by atoms with E-state index in [-0.39, 0.29) is 0 Å². The van der Waals surface area contributed by atoms with E-state index in [9.17, 15) is 0 Å². The molecule has 0 saturated carbocycles. The number of ether oxygens (including phenoxy) is 1. The van der Waals surface area contributed by atoms with E-state index in [2.05, 4.69) is 20.8 Å². The molecule has 6 nitrogen and oxygen atoms in total. The number of nitrogen functional groups attached to an aromatic ring is 1. The van der Waals surface area contributed by atoms with Gasteiger partial charge in [-0.15, -0.1) is 10.2 Å². The van der Waals surface area contributed by atoms with E-state index >= 15 is 0 Å². The molecule has 4 rings (SSSR count). The van der Waals surface area contributed by atoms with Gasteiger partial charge in [0.15, 0.2) is 4.34 Å². The van der Waals surface area contributed by atoms with E-state index in [1.807, 2.05) is 42.5 Å². The maximum atomic E-state index is 5.66. The van der Waals surface area contributed by atoms with Crippen LogP contribution < -0.4 is 10.5 Å². The summed E-state index contributed by atoms with van der Waals surface area (Å²) in [6.07, 6.45) is 0. The third-order valence-corrected chi connectivity index (χ3v) is 5.59. The van der Waals surface area contributed by atoms with Crippen LogP contribution in [0.2, 0.25) is 0 Å². The van der Waals surface area contributed by atoms with Gasteiger partial charge in [-0.3, -0.25) is 4.57 Å². The Morgan fingerprint density at radius 2 is 1.92 bits per heavy atom. The summed E-state index contributed by atoms with van der Waals surface area (Å²) in [6.45, 7) is 0. The largest absolute Gasteiger partial charge is 0.497 e. The Hall–Kier alpha value is -2.58. The van der Waals surface area contributed by atoms with Crippen LogP contribution in [0.15, 0.2) is 52.9 Å². The number of methoxy groups -OCH3 is 1. The number of rotatable bonds is 5. The van der Waals surface area contributed by atoms with Gasteiger partial charge in [0.25, 0.3) is 0 Å². The van der Waals surface area contributed by atoms with E-state index in [1.54, 1.807) is 18.9 Å². The van der Waals surface area contributed by atoms with Gasteiger partial charge in [-0.05, 0) is 36.4 Å². The molecule has 2 aromatic heterocycles. The highest BCUT2D eigenvalue weighted by Crippen LogP contribution is 2.30. The predicted octanol–water partition coefficient (Wildman–Crippen LogP) is 3.76. The molecule has 0 fully saturated rings. The first-order valence-corrected chi connectivity index (χ1v) is 9.37. The molecule has 0 saturated heterocycles. The van der Waals surface area contributed by atoms with Crippen molar-refractivity contribution in [2.75, 3.05) is 12.8 Å². The van der Waals surface area contributed by atoms with Gasteiger partial charge in [0.05, 0.1) is 23.9 Å². The van der Waals surface area contributed by atoms with Crippen LogP contribution in [0.3, 0.4) is 0 Å². The Labute approximate surface area is 152 Å². The van der Waals surface area contributed by atoms with Crippen molar-refractivity contribution in [1.29, 1.82) is 0 Å². The molecular formula is C17H15N5OS2. The molecule has 8 heteroatoms. The van der Waals surface area contributed by atoms with Crippen LogP contribution in [0, 0.1) is 0 Å². The average Bonchev–Trinajstić information content (AvgIpc) is 3.23. The fourth-order valence-corrected chi connectivity index (χ4v) is 4.15. The summed E-state index contributed by atoms with van der Waals surface area (Å²) in [6, 6.07) is 16.1. The van der Waals surface area contributed by atoms with Crippen LogP contribution >= 0.6 is 23.1 Å². The molecule has 0 atom stereocenters. The van der Waals surface area contributed by atoms with Gasteiger partial charge in [0.1, 0.15) is 11.6 Å². The summed E-state index contributed by atoms with van der Waals surface area (Å²) in [7, 11) is 1.66. The summed E-state index contributed by atoms with van der Waals surface area (Å²) < 4.78 is 8.25. The lowest BCUT2D eigenvalue weighted by atomic mass is 10.2. The standard InChI is InChI=1S/C17H15N5OS2/c1-23-12-8-6-11(7-9-12)22-14-5-3-2-4-13(14)19-15(22)10-24-17-21-20-16(18)25-17/h2-9H,10H2,1H3,(H2,18,20). The van der Waals surface area contributed by atoms with Crippen molar-refractivity contribution in [2.24, 2.45) is 0 Å². The number of nitrogens with two attached hydrogens (primary N) is 1. The molecule has 2 heterocycles. The quantitative estimate of drug-likeness (QED) is 0.540. The molecule has 0 bridgehead atoms. The Morgan fingerprint density at radius 1 is 1.12 bits per heavy atom. The monoisotopic (exact) mass is 369 g/mol. The van der Waals surface area contributed by atoms with Crippen molar-refractivity contribution in [1.82, 2.24) is 19.7 Å². The lowest BCUT2D eigenvalue weighted by molar-refractivity contribution is 0.414. The second kappa shape index (κ2) is 6.73. The number of anilines is 1. The van der Waals surface area contributed by atoms with Crippen LogP contribution in [0.25, 0.3) is 16.7 Å². The molecule has 0 aliphatic rings. The van der Waals surface area contributed by atoms with Gasteiger partial charge in [0.2, 0.25) is 5.13 Å². The number of benzene rings is 2. The third kappa shape index (κ3) is 3.18. The summed E-state index contributed by atoms with van der Waals surface area (Å²) in [5.41, 5.74) is 8.73. The summed E-state index contributed by atoms with van der Waals surface area (Å²) in [4.78, 5) is 4.79. The molecule has 4 aromatic rings. The average molecular weight is 369 g/mol. The molecule has 0 spiro atoms. The second-order valence-electron chi connectivity index (χ2n) is 5.25. The topological polar surface area (TPSA) is 78.8 Å². The summed E-state index contributed by atoms with van der Waals surface area (Å²) in [5.74, 6) is 2.45. The maximum Gasteiger partial charge on any atom is 0.203 e. The zero-order chi connectivity index (χ0) is 17.2. The van der Waals surface area contributed by atoms with Gasteiger partial charge < -0.3 is 10.5 Å². The molecule has 2 N–H and O–H groups in total. The minimum absolute atomic E-state index is 0.478. The van der Waals surface area contributed by atoms with Crippen LogP contribution in [0.5, 0.6) is 5.75 Å². The number of fused-ring (bicyclic) bond motifs is 1. The summed E-state index contributed by atoms with van der Waals surface area (Å²) in [5, 5.41) is 8.40. The fourth-order valence-electron chi connectivity index (χ4n) is 2.60. The summed E-state index contributed by atoms with van der Waals surface area (Å²) >= 11 is 2.97. The van der Waals surface area contributed by atoms with E-state index in [0.717, 1.165) is 32.6 Å². The van der Waals surface area contributed by atoms with Crippen molar-refractivity contribution < 1.29 is 4.74 Å². The number of imidazole rings is 1. The van der Waals surface area contributed by atoms with Crippen LogP contribution in [-0.2, 0) is 5.75 Å². The normalized spacial score (nSPS) is 11.1. The number of nitrogens with zero attached hydrogens (tertiary/aromatic N) is 4. The smallest absolute Gasteiger partial charge is 0.203 e. The van der Waals surface area contributed by atoms with Crippen LogP contribution in [0.4, 0.5) is 5.13 Å². The Balaban J connectivity index is 1.74. The first kappa shape index (κ1) is 15.9.